The van der Waals surface area contributed by atoms with Crippen molar-refractivity contribution in [2.75, 3.05) is 27.4 Å². The van der Waals surface area contributed by atoms with Crippen molar-refractivity contribution in [2.24, 2.45) is 5.10 Å². The van der Waals surface area contributed by atoms with Crippen LogP contribution in [0.3, 0.4) is 0 Å². The van der Waals surface area contributed by atoms with Crippen molar-refractivity contribution >= 4 is 40.1 Å². The van der Waals surface area contributed by atoms with E-state index in [9.17, 15) is 19.5 Å². The molecule has 0 fully saturated rings. The van der Waals surface area contributed by atoms with Crippen molar-refractivity contribution in [3.05, 3.63) is 92.6 Å². The summed E-state index contributed by atoms with van der Waals surface area (Å²) >= 11 is 3.49. The smallest absolute Gasteiger partial charge is 0.337 e. The monoisotopic (exact) mass is 726 g/mol. The Kier molecular flexibility index (Phi) is 12.2. The number of methoxy groups -OCH3 is 2. The predicted octanol–water partition coefficient (Wildman–Crippen LogP) is 4.26. The van der Waals surface area contributed by atoms with Crippen molar-refractivity contribution in [3.8, 4) is 23.0 Å². The van der Waals surface area contributed by atoms with Gasteiger partial charge in [-0.15, -0.1) is 0 Å². The van der Waals surface area contributed by atoms with Gasteiger partial charge in [-0.25, -0.2) is 14.4 Å². The number of esters is 1. The molecule has 0 radical (unpaired) electrons. The van der Waals surface area contributed by atoms with E-state index in [1.54, 1.807) is 56.3 Å². The van der Waals surface area contributed by atoms with Crippen LogP contribution in [0.4, 0.5) is 4.79 Å². The van der Waals surface area contributed by atoms with Gasteiger partial charge in [0.1, 0.15) is 13.2 Å². The van der Waals surface area contributed by atoms with Crippen LogP contribution in [0.15, 0.2) is 75.4 Å². The number of hydrogen-bond donors (Lipinski definition) is 5. The summed E-state index contributed by atoms with van der Waals surface area (Å²) in [6.07, 6.45) is 0.281. The number of urea groups is 1. The number of carboxylic acid groups (broad SMARTS) is 1. The Morgan fingerprint density at radius 2 is 1.79 bits per heavy atom. The summed E-state index contributed by atoms with van der Waals surface area (Å²) in [4.78, 5) is 35.7. The third-order valence-corrected chi connectivity index (χ3v) is 7.53. The highest BCUT2D eigenvalue weighted by Crippen LogP contribution is 2.37. The zero-order valence-electron chi connectivity index (χ0n) is 26.5. The molecule has 14 nitrogen and oxygen atoms in total. The van der Waals surface area contributed by atoms with Crippen molar-refractivity contribution in [3.63, 3.8) is 0 Å². The molecule has 5 N–H and O–H groups in total. The Morgan fingerprint density at radius 1 is 1.04 bits per heavy atom. The molecule has 2 atom stereocenters. The topological polar surface area (TPSA) is 186 Å². The van der Waals surface area contributed by atoms with Crippen LogP contribution < -0.4 is 35.0 Å². The Hall–Kier alpha value is -5.28. The van der Waals surface area contributed by atoms with Crippen molar-refractivity contribution < 1.29 is 48.3 Å². The van der Waals surface area contributed by atoms with E-state index in [0.717, 1.165) is 5.56 Å². The molecule has 0 aliphatic carbocycles. The van der Waals surface area contributed by atoms with E-state index in [2.05, 4.69) is 37.1 Å². The van der Waals surface area contributed by atoms with E-state index in [-0.39, 0.29) is 24.4 Å². The minimum Gasteiger partial charge on any atom is -0.493 e. The fourth-order valence-corrected chi connectivity index (χ4v) is 5.25. The standard InChI is InChI=1S/C33H35BrN4O10/c1-5-46-25-14-22(29-28(32(42)45-4)18(2)36-33(43)37-29)10-11-24(25)47-17-27(39)38-35-15-20-12-23(34)30(26(13-20)44-3)48-16-19-6-8-21(9-7-19)31(40)41/h6-15,27,29,38-39H,5,16-17H2,1-4H3,(H,40,41)(H2,36,37,43)/b35-15-/t27-,29+/m1/s1. The van der Waals surface area contributed by atoms with Crippen LogP contribution in [0.1, 0.15) is 46.9 Å². The number of aliphatic hydroxyl groups is 1. The van der Waals surface area contributed by atoms with Gasteiger partial charge in [-0.3, -0.25) is 5.43 Å². The number of carbonyl (C=O) groups is 3. The second kappa shape index (κ2) is 16.5. The molecule has 3 aromatic rings. The summed E-state index contributed by atoms with van der Waals surface area (Å²) in [5.41, 5.74) is 5.39. The molecule has 15 heteroatoms. The third-order valence-electron chi connectivity index (χ3n) is 6.95. The van der Waals surface area contributed by atoms with Gasteiger partial charge in [0.15, 0.2) is 29.2 Å². The van der Waals surface area contributed by atoms with E-state index in [1.807, 2.05) is 0 Å². The highest BCUT2D eigenvalue weighted by atomic mass is 79.9. The average molecular weight is 728 g/mol. The summed E-state index contributed by atoms with van der Waals surface area (Å²) in [7, 11) is 2.76. The first-order chi connectivity index (χ1) is 23.0. The number of hydrazone groups is 1. The maximum atomic E-state index is 12.5. The van der Waals surface area contributed by atoms with E-state index in [4.69, 9.17) is 28.8 Å². The van der Waals surface area contributed by atoms with Gasteiger partial charge in [-0.2, -0.15) is 5.10 Å². The molecule has 254 valence electrons. The zero-order valence-corrected chi connectivity index (χ0v) is 28.1. The number of hydrogen-bond acceptors (Lipinski definition) is 11. The first-order valence-electron chi connectivity index (χ1n) is 14.6. The molecule has 1 heterocycles. The normalized spacial score (nSPS) is 14.9. The van der Waals surface area contributed by atoms with Gasteiger partial charge in [0, 0.05) is 5.70 Å². The molecular formula is C33H35BrN4O10. The molecule has 48 heavy (non-hydrogen) atoms. The highest BCUT2D eigenvalue weighted by Gasteiger charge is 2.32. The van der Waals surface area contributed by atoms with Gasteiger partial charge >= 0.3 is 18.0 Å². The quantitative estimate of drug-likeness (QED) is 0.0652. The molecule has 1 aliphatic heterocycles. The number of aliphatic hydroxyl groups excluding tert-OH is 1. The van der Waals surface area contributed by atoms with Crippen LogP contribution in [0.2, 0.25) is 0 Å². The fraction of sp³-hybridized carbons (Fsp3) is 0.273. The van der Waals surface area contributed by atoms with Crippen molar-refractivity contribution in [1.82, 2.24) is 16.1 Å². The molecule has 3 aromatic carbocycles. The van der Waals surface area contributed by atoms with Crippen molar-refractivity contribution in [2.45, 2.75) is 32.7 Å². The first kappa shape index (κ1) is 35.6. The first-order valence-corrected chi connectivity index (χ1v) is 15.4. The van der Waals surface area contributed by atoms with Crippen LogP contribution in [0, 0.1) is 0 Å². The second-order valence-electron chi connectivity index (χ2n) is 10.2. The number of nitrogens with zero attached hydrogens (tertiary/aromatic N) is 1. The van der Waals surface area contributed by atoms with Crippen LogP contribution in [0.25, 0.3) is 0 Å². The number of aromatic carboxylic acids is 1. The average Bonchev–Trinajstić information content (AvgIpc) is 3.06. The van der Waals surface area contributed by atoms with Gasteiger partial charge < -0.3 is 44.5 Å². The summed E-state index contributed by atoms with van der Waals surface area (Å²) in [6.45, 7) is 3.71. The lowest BCUT2D eigenvalue weighted by atomic mass is 9.95. The molecule has 0 saturated carbocycles. The summed E-state index contributed by atoms with van der Waals surface area (Å²) in [5.74, 6) is -0.0433. The molecule has 0 aromatic heterocycles. The Labute approximate surface area is 284 Å². The van der Waals surface area contributed by atoms with E-state index in [1.165, 1.54) is 32.6 Å². The predicted molar refractivity (Wildman–Crippen MR) is 177 cm³/mol. The van der Waals surface area contributed by atoms with Crippen LogP contribution in [0.5, 0.6) is 23.0 Å². The van der Waals surface area contributed by atoms with Gasteiger partial charge in [0.2, 0.25) is 0 Å². The van der Waals surface area contributed by atoms with E-state index >= 15 is 0 Å². The van der Waals surface area contributed by atoms with Gasteiger partial charge in [0.05, 0.1) is 48.7 Å². The number of rotatable bonds is 15. The lowest BCUT2D eigenvalue weighted by molar-refractivity contribution is -0.136. The summed E-state index contributed by atoms with van der Waals surface area (Å²) in [5, 5.41) is 29.0. The Morgan fingerprint density at radius 3 is 2.46 bits per heavy atom. The Bertz CT molecular complexity index is 1710. The highest BCUT2D eigenvalue weighted by molar-refractivity contribution is 9.10. The largest absolute Gasteiger partial charge is 0.493 e. The maximum Gasteiger partial charge on any atom is 0.337 e. The van der Waals surface area contributed by atoms with Crippen LogP contribution in [-0.4, -0.2) is 68.1 Å². The maximum absolute atomic E-state index is 12.5. The summed E-state index contributed by atoms with van der Waals surface area (Å²) < 4.78 is 28.5. The number of nitrogens with one attached hydrogen (secondary N) is 3. The SMILES string of the molecule is CCOc1cc([C@@H]2NC(=O)NC(C)=C2C(=O)OC)ccc1OC[C@@H](O)N/N=C\c1cc(Br)c(OCc2ccc(C(=O)O)cc2)c(OC)c1. The van der Waals surface area contributed by atoms with E-state index in [0.29, 0.717) is 50.9 Å². The number of carboxylic acids is 1. The number of ether oxygens (including phenoxy) is 5. The van der Waals surface area contributed by atoms with Gasteiger partial charge in [0.25, 0.3) is 0 Å². The van der Waals surface area contributed by atoms with Gasteiger partial charge in [-0.1, -0.05) is 18.2 Å². The molecule has 2 amide bonds. The number of allylic oxidation sites excluding steroid dienone is 1. The number of halogens is 1. The van der Waals surface area contributed by atoms with Crippen LogP contribution in [-0.2, 0) is 16.1 Å². The molecular weight excluding hydrogens is 692 g/mol. The fourth-order valence-electron chi connectivity index (χ4n) is 4.67. The lowest BCUT2D eigenvalue weighted by Crippen LogP contribution is -2.45. The molecule has 4 rings (SSSR count). The van der Waals surface area contributed by atoms with Crippen LogP contribution >= 0.6 is 15.9 Å². The molecule has 0 saturated heterocycles. The number of amides is 2. The lowest BCUT2D eigenvalue weighted by Gasteiger charge is -2.28. The molecule has 0 spiro atoms. The van der Waals surface area contributed by atoms with E-state index < -0.39 is 30.2 Å². The molecule has 0 bridgehead atoms. The summed E-state index contributed by atoms with van der Waals surface area (Å²) in [6, 6.07) is 13.5. The minimum atomic E-state index is -1.20. The number of carbonyl (C=O) groups excluding carboxylic acids is 2. The second-order valence-corrected chi connectivity index (χ2v) is 11.1. The molecule has 0 unspecified atom stereocenters. The van der Waals surface area contributed by atoms with Gasteiger partial charge in [-0.05, 0) is 82.9 Å². The third kappa shape index (κ3) is 8.95. The van der Waals surface area contributed by atoms with Crippen molar-refractivity contribution in [1.29, 1.82) is 0 Å². The molecule has 1 aliphatic rings. The zero-order chi connectivity index (χ0) is 34.8. The number of benzene rings is 3. The Balaban J connectivity index is 1.38. The minimum absolute atomic E-state index is 0.184.